The van der Waals surface area contributed by atoms with Crippen LogP contribution in [0.3, 0.4) is 0 Å². The van der Waals surface area contributed by atoms with Crippen LogP contribution in [-0.2, 0) is 6.54 Å². The van der Waals surface area contributed by atoms with Crippen LogP contribution in [0.15, 0.2) is 54.9 Å². The van der Waals surface area contributed by atoms with Gasteiger partial charge in [0.25, 0.3) is 0 Å². The highest BCUT2D eigenvalue weighted by atomic mass is 79.9. The standard InChI is InChI=1S/C16H16NO2.BrH/c1-2-17-10-6-9-14(12-17)16(19)11-15(18)13-7-4-3-5-8-13;/h3-10,12H,2,11H2,1H3;1H/q+1;/p-1. The minimum absolute atomic E-state index is 0. The van der Waals surface area contributed by atoms with Gasteiger partial charge in [0, 0.05) is 11.6 Å². The summed E-state index contributed by atoms with van der Waals surface area (Å²) in [5.41, 5.74) is 1.16. The molecule has 0 spiro atoms. The lowest BCUT2D eigenvalue weighted by molar-refractivity contribution is -0.693. The smallest absolute Gasteiger partial charge is 0.179 e. The average molecular weight is 334 g/mol. The molecule has 0 N–H and O–H groups in total. The summed E-state index contributed by atoms with van der Waals surface area (Å²) < 4.78 is 1.92. The van der Waals surface area contributed by atoms with Gasteiger partial charge in [0.15, 0.2) is 24.0 Å². The van der Waals surface area contributed by atoms with E-state index in [1.165, 1.54) is 0 Å². The molecule has 0 bridgehead atoms. The Balaban J connectivity index is 0.00000200. The third-order valence-corrected chi connectivity index (χ3v) is 2.96. The van der Waals surface area contributed by atoms with E-state index in [4.69, 9.17) is 0 Å². The number of hydrogen-bond donors (Lipinski definition) is 0. The molecule has 0 aliphatic heterocycles. The lowest BCUT2D eigenvalue weighted by atomic mass is 10.0. The Labute approximate surface area is 129 Å². The van der Waals surface area contributed by atoms with Gasteiger partial charge >= 0.3 is 0 Å². The molecule has 104 valence electrons. The normalized spacial score (nSPS) is 9.65. The van der Waals surface area contributed by atoms with E-state index < -0.39 is 0 Å². The van der Waals surface area contributed by atoms with Crippen molar-refractivity contribution in [1.29, 1.82) is 0 Å². The highest BCUT2D eigenvalue weighted by Crippen LogP contribution is 2.07. The lowest BCUT2D eigenvalue weighted by Gasteiger charge is -2.00. The zero-order chi connectivity index (χ0) is 13.7. The molecule has 1 heterocycles. The van der Waals surface area contributed by atoms with Gasteiger partial charge in [-0.3, -0.25) is 9.59 Å². The number of rotatable bonds is 5. The number of carbonyl (C=O) groups excluding carboxylic acids is 2. The predicted molar refractivity (Wildman–Crippen MR) is 72.0 cm³/mol. The first-order valence-corrected chi connectivity index (χ1v) is 6.31. The Bertz CT molecular complexity index is 596. The highest BCUT2D eigenvalue weighted by Gasteiger charge is 2.15. The molecule has 0 saturated heterocycles. The number of pyridine rings is 1. The second-order valence-corrected chi connectivity index (χ2v) is 4.31. The van der Waals surface area contributed by atoms with Crippen LogP contribution >= 0.6 is 0 Å². The number of hydrogen-bond acceptors (Lipinski definition) is 2. The molecule has 1 aromatic carbocycles. The van der Waals surface area contributed by atoms with E-state index in [0.29, 0.717) is 11.1 Å². The van der Waals surface area contributed by atoms with E-state index in [0.717, 1.165) is 6.54 Å². The monoisotopic (exact) mass is 333 g/mol. The second-order valence-electron chi connectivity index (χ2n) is 4.31. The molecule has 0 aliphatic rings. The van der Waals surface area contributed by atoms with Gasteiger partial charge in [-0.25, -0.2) is 4.57 Å². The fraction of sp³-hybridized carbons (Fsp3) is 0.188. The number of Topliss-reactive ketones (excluding diaryl/α,β-unsaturated/α-hetero) is 2. The van der Waals surface area contributed by atoms with Crippen molar-refractivity contribution in [2.24, 2.45) is 0 Å². The van der Waals surface area contributed by atoms with Crippen molar-refractivity contribution < 1.29 is 31.1 Å². The van der Waals surface area contributed by atoms with Gasteiger partial charge in [-0.1, -0.05) is 30.3 Å². The molecule has 0 saturated carbocycles. The minimum Gasteiger partial charge on any atom is -1.00 e. The second kappa shape index (κ2) is 7.70. The fourth-order valence-corrected chi connectivity index (χ4v) is 1.86. The molecule has 0 aliphatic carbocycles. The minimum atomic E-state index is -0.142. The summed E-state index contributed by atoms with van der Waals surface area (Å²) in [5.74, 6) is -0.283. The van der Waals surface area contributed by atoms with Crippen molar-refractivity contribution in [3.63, 3.8) is 0 Å². The van der Waals surface area contributed by atoms with Gasteiger partial charge in [-0.15, -0.1) is 0 Å². The van der Waals surface area contributed by atoms with Crippen LogP contribution in [0, 0.1) is 0 Å². The maximum Gasteiger partial charge on any atom is 0.179 e. The van der Waals surface area contributed by atoms with Crippen molar-refractivity contribution in [2.75, 3.05) is 0 Å². The topological polar surface area (TPSA) is 38.0 Å². The van der Waals surface area contributed by atoms with Crippen molar-refractivity contribution >= 4 is 11.6 Å². The van der Waals surface area contributed by atoms with Crippen LogP contribution in [0.4, 0.5) is 0 Å². The molecule has 0 unspecified atom stereocenters. The Morgan fingerprint density at radius 2 is 1.55 bits per heavy atom. The van der Waals surface area contributed by atoms with Crippen molar-refractivity contribution in [1.82, 2.24) is 0 Å². The Morgan fingerprint density at radius 1 is 0.950 bits per heavy atom. The van der Waals surface area contributed by atoms with Gasteiger partial charge < -0.3 is 17.0 Å². The Kier molecular flexibility index (Phi) is 6.25. The van der Waals surface area contributed by atoms with E-state index in [1.54, 1.807) is 36.5 Å². The average Bonchev–Trinajstić information content (AvgIpc) is 2.48. The van der Waals surface area contributed by atoms with Gasteiger partial charge in [0.05, 0.1) is 12.0 Å². The Morgan fingerprint density at radius 3 is 2.20 bits per heavy atom. The van der Waals surface area contributed by atoms with Crippen LogP contribution in [-0.4, -0.2) is 11.6 Å². The molecule has 0 amide bonds. The molecule has 3 nitrogen and oxygen atoms in total. The molecule has 2 aromatic rings. The van der Waals surface area contributed by atoms with E-state index in [1.807, 2.05) is 29.8 Å². The van der Waals surface area contributed by atoms with Gasteiger partial charge in [-0.2, -0.15) is 0 Å². The zero-order valence-electron chi connectivity index (χ0n) is 11.3. The van der Waals surface area contributed by atoms with Crippen LogP contribution in [0.1, 0.15) is 34.1 Å². The molecule has 4 heteroatoms. The number of aryl methyl sites for hydroxylation is 1. The molecule has 0 fully saturated rings. The van der Waals surface area contributed by atoms with Crippen molar-refractivity contribution in [3.05, 3.63) is 66.0 Å². The molecule has 1 aromatic heterocycles. The van der Waals surface area contributed by atoms with E-state index >= 15 is 0 Å². The summed E-state index contributed by atoms with van der Waals surface area (Å²) in [5, 5.41) is 0. The zero-order valence-corrected chi connectivity index (χ0v) is 12.8. The summed E-state index contributed by atoms with van der Waals surface area (Å²) in [6, 6.07) is 12.5. The quantitative estimate of drug-likeness (QED) is 0.418. The lowest BCUT2D eigenvalue weighted by Crippen LogP contribution is -3.00. The maximum absolute atomic E-state index is 12.1. The molecule has 0 atom stereocenters. The number of ketones is 2. The number of benzene rings is 1. The molecule has 0 radical (unpaired) electrons. The van der Waals surface area contributed by atoms with E-state index in [9.17, 15) is 9.59 Å². The van der Waals surface area contributed by atoms with Crippen molar-refractivity contribution in [3.8, 4) is 0 Å². The summed E-state index contributed by atoms with van der Waals surface area (Å²) in [4.78, 5) is 24.0. The molecular weight excluding hydrogens is 318 g/mol. The summed E-state index contributed by atoms with van der Waals surface area (Å²) >= 11 is 0. The summed E-state index contributed by atoms with van der Waals surface area (Å²) in [7, 11) is 0. The summed E-state index contributed by atoms with van der Waals surface area (Å²) in [6.07, 6.45) is 3.59. The number of carbonyl (C=O) groups is 2. The Hall–Kier alpha value is -1.81. The van der Waals surface area contributed by atoms with Crippen LogP contribution in [0.25, 0.3) is 0 Å². The molecule has 2 rings (SSSR count). The predicted octanol–water partition coefficient (Wildman–Crippen LogP) is -0.546. The summed E-state index contributed by atoms with van der Waals surface area (Å²) in [6.45, 7) is 2.80. The van der Waals surface area contributed by atoms with Crippen LogP contribution in [0.5, 0.6) is 0 Å². The first-order valence-electron chi connectivity index (χ1n) is 6.31. The SMILES string of the molecule is CC[n+]1cccc(C(=O)CC(=O)c2ccccc2)c1.[Br-]. The first kappa shape index (κ1) is 16.2. The fourth-order valence-electron chi connectivity index (χ4n) is 1.86. The number of halogens is 1. The van der Waals surface area contributed by atoms with Gasteiger partial charge in [0.2, 0.25) is 0 Å². The number of nitrogens with zero attached hydrogens (tertiary/aromatic N) is 1. The maximum atomic E-state index is 12.1. The van der Waals surface area contributed by atoms with E-state index in [2.05, 4.69) is 0 Å². The van der Waals surface area contributed by atoms with Crippen LogP contribution < -0.4 is 21.5 Å². The van der Waals surface area contributed by atoms with Gasteiger partial charge in [-0.05, 0) is 13.0 Å². The van der Waals surface area contributed by atoms with Crippen LogP contribution in [0.2, 0.25) is 0 Å². The third kappa shape index (κ3) is 4.10. The molecule has 20 heavy (non-hydrogen) atoms. The highest BCUT2D eigenvalue weighted by molar-refractivity contribution is 6.13. The first-order chi connectivity index (χ1) is 9.20. The third-order valence-electron chi connectivity index (χ3n) is 2.96. The number of aromatic nitrogens is 1. The van der Waals surface area contributed by atoms with Gasteiger partial charge in [0.1, 0.15) is 6.54 Å². The largest absolute Gasteiger partial charge is 1.00 e. The molecular formula is C16H16BrNO2. The van der Waals surface area contributed by atoms with E-state index in [-0.39, 0.29) is 35.0 Å². The van der Waals surface area contributed by atoms with Crippen molar-refractivity contribution in [2.45, 2.75) is 19.9 Å².